The maximum Gasteiger partial charge on any atom is 0.162 e. The average molecular weight is 455 g/mol. The van der Waals surface area contributed by atoms with Gasteiger partial charge in [-0.2, -0.15) is 5.26 Å². The highest BCUT2D eigenvalue weighted by Crippen LogP contribution is 2.51. The molecule has 1 aliphatic carbocycles. The van der Waals surface area contributed by atoms with Crippen LogP contribution in [0, 0.1) is 18.3 Å². The molecule has 2 aromatic carbocycles. The van der Waals surface area contributed by atoms with E-state index in [0.29, 0.717) is 24.2 Å². The summed E-state index contributed by atoms with van der Waals surface area (Å²) >= 11 is 1.66. The van der Waals surface area contributed by atoms with Crippen molar-refractivity contribution in [1.82, 2.24) is 10.0 Å². The van der Waals surface area contributed by atoms with Crippen LogP contribution in [0.2, 0.25) is 0 Å². The Labute approximate surface area is 198 Å². The van der Waals surface area contributed by atoms with Crippen molar-refractivity contribution < 1.29 is 4.79 Å². The molecule has 6 heteroatoms. The van der Waals surface area contributed by atoms with Crippen LogP contribution in [0.1, 0.15) is 40.7 Å². The second kappa shape index (κ2) is 8.18. The Hall–Kier alpha value is -3.40. The summed E-state index contributed by atoms with van der Waals surface area (Å²) in [5, 5.41) is 15.1. The predicted molar refractivity (Wildman–Crippen MR) is 132 cm³/mol. The van der Waals surface area contributed by atoms with Gasteiger partial charge in [0.15, 0.2) is 5.78 Å². The topological polar surface area (TPSA) is 73.4 Å². The minimum Gasteiger partial charge on any atom is -0.383 e. The summed E-state index contributed by atoms with van der Waals surface area (Å²) in [6.07, 6.45) is 1.13. The van der Waals surface area contributed by atoms with E-state index in [0.717, 1.165) is 37.4 Å². The van der Waals surface area contributed by atoms with Gasteiger partial charge < -0.3 is 5.73 Å². The van der Waals surface area contributed by atoms with Crippen LogP contribution in [-0.2, 0) is 4.79 Å². The van der Waals surface area contributed by atoms with Crippen LogP contribution in [0.15, 0.2) is 77.3 Å². The number of nitrogens with zero attached hydrogens (tertiary/aromatic N) is 3. The van der Waals surface area contributed by atoms with Crippen molar-refractivity contribution in [1.29, 1.82) is 5.26 Å². The molecule has 1 aliphatic heterocycles. The zero-order valence-corrected chi connectivity index (χ0v) is 19.8. The lowest BCUT2D eigenvalue weighted by Crippen LogP contribution is -2.46. The number of benzene rings is 2. The molecule has 0 spiro atoms. The molecule has 0 radical (unpaired) electrons. The fraction of sp³-hybridized carbons (Fsp3) is 0.259. The molecular formula is C27H26N4OS. The Morgan fingerprint density at radius 3 is 2.45 bits per heavy atom. The molecule has 2 atom stereocenters. The summed E-state index contributed by atoms with van der Waals surface area (Å²) in [5.41, 5.74) is 11.0. The number of hydrogen-bond acceptors (Lipinski definition) is 6. The van der Waals surface area contributed by atoms with Crippen molar-refractivity contribution in [2.75, 3.05) is 14.1 Å². The SMILES string of the molecule is Cc1c([C@@H]2C(C#N)=C(N)N(N(C)C)C3=C2C(=O)C[C@H](c2ccccc2)C3)sc2ccccc12. The van der Waals surface area contributed by atoms with Gasteiger partial charge in [-0.15, -0.1) is 11.3 Å². The van der Waals surface area contributed by atoms with E-state index >= 15 is 0 Å². The van der Waals surface area contributed by atoms with Crippen molar-refractivity contribution in [3.8, 4) is 6.07 Å². The summed E-state index contributed by atoms with van der Waals surface area (Å²) in [5.74, 6) is 0.159. The van der Waals surface area contributed by atoms with Gasteiger partial charge in [-0.05, 0) is 41.8 Å². The number of ketones is 1. The van der Waals surface area contributed by atoms with Crippen LogP contribution in [0.3, 0.4) is 0 Å². The van der Waals surface area contributed by atoms with E-state index < -0.39 is 5.92 Å². The van der Waals surface area contributed by atoms with Crippen LogP contribution in [0.5, 0.6) is 0 Å². The monoisotopic (exact) mass is 454 g/mol. The number of hydrogen-bond donors (Lipinski definition) is 1. The number of fused-ring (bicyclic) bond motifs is 1. The number of carbonyl (C=O) groups is 1. The number of thiophene rings is 1. The normalized spacial score (nSPS) is 21.1. The summed E-state index contributed by atoms with van der Waals surface area (Å²) in [6, 6.07) is 20.8. The van der Waals surface area contributed by atoms with Gasteiger partial charge in [0.05, 0.1) is 17.6 Å². The van der Waals surface area contributed by atoms with Crippen molar-refractivity contribution in [3.63, 3.8) is 0 Å². The third-order valence-electron chi connectivity index (χ3n) is 6.75. The second-order valence-electron chi connectivity index (χ2n) is 8.89. The molecule has 1 aromatic heterocycles. The second-order valence-corrected chi connectivity index (χ2v) is 9.97. The Morgan fingerprint density at radius 2 is 1.79 bits per heavy atom. The minimum atomic E-state index is -0.428. The molecule has 0 bridgehead atoms. The number of Topliss-reactive ketones (excluding diaryl/α,β-unsaturated/α-hetero) is 1. The van der Waals surface area contributed by atoms with E-state index in [1.807, 2.05) is 54.4 Å². The Balaban J connectivity index is 1.73. The average Bonchev–Trinajstić information content (AvgIpc) is 3.14. The number of carbonyl (C=O) groups excluding carboxylic acids is 1. The van der Waals surface area contributed by atoms with Crippen molar-refractivity contribution in [2.24, 2.45) is 5.73 Å². The van der Waals surface area contributed by atoms with E-state index in [1.165, 1.54) is 0 Å². The van der Waals surface area contributed by atoms with Crippen molar-refractivity contribution >= 4 is 27.2 Å². The first kappa shape index (κ1) is 21.4. The quantitative estimate of drug-likeness (QED) is 0.590. The molecule has 0 amide bonds. The Bertz CT molecular complexity index is 1360. The molecule has 2 heterocycles. The molecule has 0 saturated heterocycles. The third-order valence-corrected chi connectivity index (χ3v) is 8.09. The largest absolute Gasteiger partial charge is 0.383 e. The predicted octanol–water partition coefficient (Wildman–Crippen LogP) is 5.18. The minimum absolute atomic E-state index is 0.0838. The van der Waals surface area contributed by atoms with Gasteiger partial charge in [0, 0.05) is 41.4 Å². The maximum atomic E-state index is 13.8. The number of nitrogens with two attached hydrogens (primary N) is 1. The van der Waals surface area contributed by atoms with Gasteiger partial charge in [0.25, 0.3) is 0 Å². The highest BCUT2D eigenvalue weighted by Gasteiger charge is 2.44. The number of nitriles is 1. The van der Waals surface area contributed by atoms with E-state index in [4.69, 9.17) is 5.73 Å². The van der Waals surface area contributed by atoms with Gasteiger partial charge >= 0.3 is 0 Å². The van der Waals surface area contributed by atoms with Gasteiger partial charge in [0.2, 0.25) is 0 Å². The molecular weight excluding hydrogens is 428 g/mol. The maximum absolute atomic E-state index is 13.8. The number of hydrazine groups is 1. The summed E-state index contributed by atoms with van der Waals surface area (Å²) in [7, 11) is 3.79. The molecule has 0 fully saturated rings. The number of allylic oxidation sites excluding steroid dienone is 3. The van der Waals surface area contributed by atoms with E-state index in [-0.39, 0.29) is 11.7 Å². The molecule has 0 unspecified atom stereocenters. The van der Waals surface area contributed by atoms with Gasteiger partial charge in [0.1, 0.15) is 5.82 Å². The molecule has 33 heavy (non-hydrogen) atoms. The molecule has 2 N–H and O–H groups in total. The molecule has 5 nitrogen and oxygen atoms in total. The van der Waals surface area contributed by atoms with Crippen molar-refractivity contribution in [2.45, 2.75) is 31.6 Å². The molecule has 0 saturated carbocycles. The summed E-state index contributed by atoms with van der Waals surface area (Å²) in [4.78, 5) is 14.8. The Kier molecular flexibility index (Phi) is 5.32. The molecule has 3 aromatic rings. The lowest BCUT2D eigenvalue weighted by atomic mass is 9.73. The van der Waals surface area contributed by atoms with Crippen LogP contribution >= 0.6 is 11.3 Å². The zero-order chi connectivity index (χ0) is 23.3. The fourth-order valence-electron chi connectivity index (χ4n) is 5.26. The van der Waals surface area contributed by atoms with Crippen LogP contribution < -0.4 is 5.73 Å². The van der Waals surface area contributed by atoms with E-state index in [2.05, 4.69) is 37.3 Å². The number of rotatable bonds is 3. The lowest BCUT2D eigenvalue weighted by molar-refractivity contribution is -0.117. The van der Waals surface area contributed by atoms with Gasteiger partial charge in [-0.1, -0.05) is 48.5 Å². The van der Waals surface area contributed by atoms with Crippen molar-refractivity contribution in [3.05, 3.63) is 93.3 Å². The van der Waals surface area contributed by atoms with Crippen LogP contribution in [0.25, 0.3) is 10.1 Å². The smallest absolute Gasteiger partial charge is 0.162 e. The van der Waals surface area contributed by atoms with E-state index in [1.54, 1.807) is 11.3 Å². The molecule has 166 valence electrons. The lowest BCUT2D eigenvalue weighted by Gasteiger charge is -2.43. The standard InChI is InChI=1S/C27H26N4OS/c1-16-19-11-7-8-12-23(19)33-26(16)24-20(15-28)27(29)31(30(2)3)21-13-18(14-22(32)25(21)24)17-9-5-4-6-10-17/h4-12,18,24H,13-14,29H2,1-3H3/t18-,24-/m1/s1. The first-order chi connectivity index (χ1) is 15.9. The first-order valence-electron chi connectivity index (χ1n) is 11.1. The first-order valence-corrected chi connectivity index (χ1v) is 11.9. The van der Waals surface area contributed by atoms with Gasteiger partial charge in [-0.25, -0.2) is 5.01 Å². The Morgan fingerprint density at radius 1 is 1.09 bits per heavy atom. The third kappa shape index (κ3) is 3.36. The van der Waals surface area contributed by atoms with Gasteiger partial charge in [-0.3, -0.25) is 9.80 Å². The summed E-state index contributed by atoms with van der Waals surface area (Å²) < 4.78 is 1.16. The highest BCUT2D eigenvalue weighted by molar-refractivity contribution is 7.19. The van der Waals surface area contributed by atoms with Crippen LogP contribution in [0.4, 0.5) is 0 Å². The number of aryl methyl sites for hydroxylation is 1. The molecule has 5 rings (SSSR count). The highest BCUT2D eigenvalue weighted by atomic mass is 32.1. The zero-order valence-electron chi connectivity index (χ0n) is 19.0. The summed E-state index contributed by atoms with van der Waals surface area (Å²) in [6.45, 7) is 2.08. The van der Waals surface area contributed by atoms with Crippen LogP contribution in [-0.4, -0.2) is 29.9 Å². The fourth-order valence-corrected chi connectivity index (χ4v) is 6.59. The van der Waals surface area contributed by atoms with E-state index in [9.17, 15) is 10.1 Å². The molecule has 2 aliphatic rings.